The number of benzene rings is 2. The highest BCUT2D eigenvalue weighted by Gasteiger charge is 2.24. The summed E-state index contributed by atoms with van der Waals surface area (Å²) >= 11 is 12.2. The first-order valence-electron chi connectivity index (χ1n) is 10.5. The Kier molecular flexibility index (Phi) is 8.55. The number of hydrogen-bond acceptors (Lipinski definition) is 6. The van der Waals surface area contributed by atoms with Crippen molar-refractivity contribution in [1.29, 1.82) is 0 Å². The summed E-state index contributed by atoms with van der Waals surface area (Å²) in [6.45, 7) is 4.60. The second kappa shape index (κ2) is 11.1. The van der Waals surface area contributed by atoms with Crippen molar-refractivity contribution in [3.8, 4) is 11.5 Å². The third-order valence-electron chi connectivity index (χ3n) is 5.77. The van der Waals surface area contributed by atoms with Crippen LogP contribution in [0, 0.1) is 11.8 Å². The summed E-state index contributed by atoms with van der Waals surface area (Å²) in [5.74, 6) is 1.36. The fourth-order valence-electron chi connectivity index (χ4n) is 4.11. The largest absolute Gasteiger partial charge is 0.508 e. The van der Waals surface area contributed by atoms with Crippen LogP contribution in [0.5, 0.6) is 11.5 Å². The van der Waals surface area contributed by atoms with E-state index in [2.05, 4.69) is 9.80 Å². The van der Waals surface area contributed by atoms with E-state index in [9.17, 15) is 10.2 Å². The first-order chi connectivity index (χ1) is 14.9. The van der Waals surface area contributed by atoms with Crippen molar-refractivity contribution >= 4 is 34.6 Å². The predicted molar refractivity (Wildman–Crippen MR) is 126 cm³/mol. The molecular weight excluding hydrogens is 439 g/mol. The first kappa shape index (κ1) is 23.8. The number of aliphatic hydroxyl groups excluding tert-OH is 1. The molecule has 2 aliphatic heterocycles. The van der Waals surface area contributed by atoms with E-state index in [1.807, 2.05) is 0 Å². The average molecular weight is 469 g/mol. The van der Waals surface area contributed by atoms with Crippen LogP contribution in [0.4, 0.5) is 11.4 Å². The molecule has 0 spiro atoms. The molecule has 2 unspecified atom stereocenters. The molecule has 2 aromatic rings. The molecule has 2 aliphatic rings. The van der Waals surface area contributed by atoms with Gasteiger partial charge in [0.2, 0.25) is 0 Å². The summed E-state index contributed by atoms with van der Waals surface area (Å²) in [6.07, 6.45) is 2.09. The Morgan fingerprint density at radius 2 is 1.35 bits per heavy atom. The van der Waals surface area contributed by atoms with Gasteiger partial charge >= 0.3 is 0 Å². The molecule has 6 nitrogen and oxygen atoms in total. The van der Waals surface area contributed by atoms with Crippen LogP contribution in [-0.2, 0) is 4.74 Å². The highest BCUT2D eigenvalue weighted by atomic mass is 35.5. The van der Waals surface area contributed by atoms with Crippen LogP contribution in [-0.4, -0.2) is 61.8 Å². The Balaban J connectivity index is 0.000000176. The molecule has 2 atom stereocenters. The van der Waals surface area contributed by atoms with Crippen LogP contribution < -0.4 is 9.80 Å². The van der Waals surface area contributed by atoms with Gasteiger partial charge in [-0.05, 0) is 37.1 Å². The molecule has 0 bridgehead atoms. The molecule has 3 N–H and O–H groups in total. The Hall–Kier alpha value is -1.86. The molecular formula is C23H30Cl2N2O4. The number of ether oxygens (including phenoxy) is 1. The van der Waals surface area contributed by atoms with Gasteiger partial charge in [0.05, 0.1) is 28.0 Å². The number of methoxy groups -OCH3 is 1. The Labute approximate surface area is 193 Å². The maximum absolute atomic E-state index is 9.46. The smallest absolute Gasteiger partial charge is 0.117 e. The van der Waals surface area contributed by atoms with Gasteiger partial charge in [-0.25, -0.2) is 0 Å². The minimum atomic E-state index is 0.215. The third-order valence-corrected chi connectivity index (χ3v) is 6.41. The number of anilines is 2. The van der Waals surface area contributed by atoms with Gasteiger partial charge in [0.1, 0.15) is 11.5 Å². The van der Waals surface area contributed by atoms with Gasteiger partial charge in [0.15, 0.2) is 0 Å². The third kappa shape index (κ3) is 6.32. The molecule has 0 aromatic heterocycles. The van der Waals surface area contributed by atoms with E-state index >= 15 is 0 Å². The first-order valence-corrected chi connectivity index (χ1v) is 11.2. The molecule has 0 aliphatic carbocycles. The van der Waals surface area contributed by atoms with Crippen molar-refractivity contribution < 1.29 is 20.1 Å². The van der Waals surface area contributed by atoms with E-state index < -0.39 is 0 Å². The van der Waals surface area contributed by atoms with Crippen LogP contribution in [0.1, 0.15) is 12.8 Å². The monoisotopic (exact) mass is 468 g/mol. The zero-order valence-corrected chi connectivity index (χ0v) is 19.2. The summed E-state index contributed by atoms with van der Waals surface area (Å²) in [5.41, 5.74) is 1.77. The van der Waals surface area contributed by atoms with E-state index in [0.29, 0.717) is 21.9 Å². The SMILES string of the molecule is COCC1CCN(c2cc(O)ccc2Cl)C1.OCC1CCN(c2cc(O)ccc2Cl)C1. The van der Waals surface area contributed by atoms with Gasteiger partial charge in [-0.15, -0.1) is 0 Å². The molecule has 2 fully saturated rings. The summed E-state index contributed by atoms with van der Waals surface area (Å²) in [4.78, 5) is 4.30. The Morgan fingerprint density at radius 1 is 0.871 bits per heavy atom. The van der Waals surface area contributed by atoms with Crippen LogP contribution in [0.3, 0.4) is 0 Å². The number of phenolic OH excluding ortho intramolecular Hbond substituents is 2. The summed E-state index contributed by atoms with van der Waals surface area (Å²) < 4.78 is 5.15. The number of rotatable bonds is 5. The zero-order valence-electron chi connectivity index (χ0n) is 17.7. The van der Waals surface area contributed by atoms with E-state index in [0.717, 1.165) is 57.0 Å². The maximum Gasteiger partial charge on any atom is 0.117 e. The summed E-state index contributed by atoms with van der Waals surface area (Å²) in [7, 11) is 1.73. The lowest BCUT2D eigenvalue weighted by Gasteiger charge is -2.20. The second-order valence-corrected chi connectivity index (χ2v) is 8.93. The Bertz CT molecular complexity index is 867. The average Bonchev–Trinajstić information content (AvgIpc) is 3.42. The van der Waals surface area contributed by atoms with E-state index in [-0.39, 0.29) is 18.1 Å². The van der Waals surface area contributed by atoms with Gasteiger partial charge in [0.25, 0.3) is 0 Å². The van der Waals surface area contributed by atoms with Crippen molar-refractivity contribution in [1.82, 2.24) is 0 Å². The molecule has 170 valence electrons. The number of phenols is 2. The van der Waals surface area contributed by atoms with Crippen LogP contribution in [0.2, 0.25) is 10.0 Å². The van der Waals surface area contributed by atoms with E-state index in [1.165, 1.54) is 0 Å². The molecule has 0 amide bonds. The van der Waals surface area contributed by atoms with Gasteiger partial charge in [0, 0.05) is 63.9 Å². The predicted octanol–water partition coefficient (Wildman–Crippen LogP) is 4.38. The molecule has 2 heterocycles. The van der Waals surface area contributed by atoms with E-state index in [4.69, 9.17) is 33.0 Å². The molecule has 4 rings (SSSR count). The summed E-state index contributed by atoms with van der Waals surface area (Å²) in [5, 5.41) is 29.2. The quantitative estimate of drug-likeness (QED) is 0.604. The lowest BCUT2D eigenvalue weighted by atomic mass is 10.1. The molecule has 0 radical (unpaired) electrons. The minimum Gasteiger partial charge on any atom is -0.508 e. The van der Waals surface area contributed by atoms with Crippen molar-refractivity contribution in [3.05, 3.63) is 46.4 Å². The maximum atomic E-state index is 9.46. The van der Waals surface area contributed by atoms with Gasteiger partial charge in [-0.3, -0.25) is 0 Å². The molecule has 31 heavy (non-hydrogen) atoms. The van der Waals surface area contributed by atoms with Gasteiger partial charge in [-0.2, -0.15) is 0 Å². The molecule has 2 aromatic carbocycles. The summed E-state index contributed by atoms with van der Waals surface area (Å²) in [6, 6.07) is 9.99. The van der Waals surface area contributed by atoms with Crippen LogP contribution in [0.15, 0.2) is 36.4 Å². The van der Waals surface area contributed by atoms with Crippen LogP contribution >= 0.6 is 23.2 Å². The topological polar surface area (TPSA) is 76.4 Å². The normalized spacial score (nSPS) is 20.6. The molecule has 8 heteroatoms. The van der Waals surface area contributed by atoms with Crippen molar-refractivity contribution in [2.75, 3.05) is 56.3 Å². The van der Waals surface area contributed by atoms with Crippen molar-refractivity contribution in [3.63, 3.8) is 0 Å². The number of hydrogen-bond donors (Lipinski definition) is 3. The molecule has 0 saturated carbocycles. The number of aliphatic hydroxyl groups is 1. The molecule has 2 saturated heterocycles. The fourth-order valence-corrected chi connectivity index (χ4v) is 4.58. The van der Waals surface area contributed by atoms with E-state index in [1.54, 1.807) is 43.5 Å². The second-order valence-electron chi connectivity index (χ2n) is 8.11. The highest BCUT2D eigenvalue weighted by molar-refractivity contribution is 6.33. The lowest BCUT2D eigenvalue weighted by Crippen LogP contribution is -2.21. The van der Waals surface area contributed by atoms with Crippen molar-refractivity contribution in [2.45, 2.75) is 12.8 Å². The number of nitrogens with zero attached hydrogens (tertiary/aromatic N) is 2. The minimum absolute atomic E-state index is 0.215. The number of halogens is 2. The van der Waals surface area contributed by atoms with Gasteiger partial charge in [-0.1, -0.05) is 23.2 Å². The van der Waals surface area contributed by atoms with Crippen LogP contribution in [0.25, 0.3) is 0 Å². The van der Waals surface area contributed by atoms with Crippen molar-refractivity contribution in [2.24, 2.45) is 11.8 Å². The fraction of sp³-hybridized carbons (Fsp3) is 0.478. The van der Waals surface area contributed by atoms with Gasteiger partial charge < -0.3 is 29.9 Å². The highest BCUT2D eigenvalue weighted by Crippen LogP contribution is 2.34. The standard InChI is InChI=1S/C12H16ClNO2.C11H14ClNO2/c1-16-8-9-4-5-14(7-9)12-6-10(15)2-3-11(12)13;12-10-2-1-9(15)5-11(10)13-4-3-8(6-13)7-14/h2-3,6,9,15H,4-5,7-8H2,1H3;1-2,5,8,14-15H,3-4,6-7H2. The number of aromatic hydroxyl groups is 2. The Morgan fingerprint density at radius 3 is 1.81 bits per heavy atom. The lowest BCUT2D eigenvalue weighted by molar-refractivity contribution is 0.161. The zero-order chi connectivity index (χ0) is 22.4.